The standard InChI is InChI=1S/C17H35NO3.Na.H/c1-3-4-5-6-7-8-9-10-11-12-13-14-15-18-21-17(20)16(2)19;;/h16,18-19H,3-15H2,1-2H3;;/q;+1;-1. The van der Waals surface area contributed by atoms with Crippen LogP contribution in [0.3, 0.4) is 0 Å². The largest absolute Gasteiger partial charge is 1.00 e. The summed E-state index contributed by atoms with van der Waals surface area (Å²) in [5, 5.41) is 8.91. The zero-order valence-electron chi connectivity index (χ0n) is 16.0. The van der Waals surface area contributed by atoms with E-state index in [1.165, 1.54) is 71.1 Å². The Labute approximate surface area is 160 Å². The molecule has 0 saturated carbocycles. The number of rotatable bonds is 15. The Morgan fingerprint density at radius 1 is 0.955 bits per heavy atom. The van der Waals surface area contributed by atoms with Gasteiger partial charge in [0.25, 0.3) is 0 Å². The van der Waals surface area contributed by atoms with Crippen molar-refractivity contribution in [3.8, 4) is 0 Å². The summed E-state index contributed by atoms with van der Waals surface area (Å²) in [7, 11) is 0. The second-order valence-corrected chi connectivity index (χ2v) is 5.88. The van der Waals surface area contributed by atoms with E-state index in [0.717, 1.165) is 12.8 Å². The Balaban J connectivity index is -0.00000200. The molecule has 0 amide bonds. The predicted octanol–water partition coefficient (Wildman–Crippen LogP) is 1.23. The first-order valence-electron chi connectivity index (χ1n) is 8.80. The van der Waals surface area contributed by atoms with Gasteiger partial charge >= 0.3 is 35.5 Å². The minimum Gasteiger partial charge on any atom is -1.00 e. The number of hydrogen-bond donors (Lipinski definition) is 2. The molecule has 128 valence electrons. The Kier molecular flexibility index (Phi) is 21.8. The Morgan fingerprint density at radius 2 is 1.36 bits per heavy atom. The van der Waals surface area contributed by atoms with E-state index in [-0.39, 0.29) is 31.0 Å². The second-order valence-electron chi connectivity index (χ2n) is 5.88. The fourth-order valence-corrected chi connectivity index (χ4v) is 2.25. The molecule has 0 spiro atoms. The summed E-state index contributed by atoms with van der Waals surface area (Å²) >= 11 is 0. The molecule has 0 heterocycles. The maximum absolute atomic E-state index is 10.9. The summed E-state index contributed by atoms with van der Waals surface area (Å²) in [5.74, 6) is -0.617. The zero-order chi connectivity index (χ0) is 15.8. The van der Waals surface area contributed by atoms with Gasteiger partial charge in [-0.25, -0.2) is 4.79 Å². The summed E-state index contributed by atoms with van der Waals surface area (Å²) in [4.78, 5) is 15.6. The maximum atomic E-state index is 10.9. The molecule has 1 atom stereocenters. The van der Waals surface area contributed by atoms with Crippen LogP contribution in [0.2, 0.25) is 0 Å². The van der Waals surface area contributed by atoms with Crippen LogP contribution >= 0.6 is 0 Å². The van der Waals surface area contributed by atoms with Gasteiger partial charge in [0.1, 0.15) is 0 Å². The number of carbonyl (C=O) groups excluding carboxylic acids is 1. The van der Waals surface area contributed by atoms with Gasteiger partial charge in [0.2, 0.25) is 0 Å². The minimum atomic E-state index is -1.06. The molecule has 4 nitrogen and oxygen atoms in total. The number of hydrogen-bond acceptors (Lipinski definition) is 4. The average molecular weight is 325 g/mol. The first-order chi connectivity index (χ1) is 10.2. The summed E-state index contributed by atoms with van der Waals surface area (Å²) in [5.41, 5.74) is 2.59. The topological polar surface area (TPSA) is 58.6 Å². The first-order valence-corrected chi connectivity index (χ1v) is 8.80. The first kappa shape index (κ1) is 24.6. The number of aliphatic hydroxyl groups is 1. The zero-order valence-corrected chi connectivity index (χ0v) is 17.0. The average Bonchev–Trinajstić information content (AvgIpc) is 2.47. The van der Waals surface area contributed by atoms with Gasteiger partial charge in [0.05, 0.1) is 0 Å². The Morgan fingerprint density at radius 3 is 1.77 bits per heavy atom. The fourth-order valence-electron chi connectivity index (χ4n) is 2.25. The predicted molar refractivity (Wildman–Crippen MR) is 88.0 cm³/mol. The van der Waals surface area contributed by atoms with E-state index in [4.69, 9.17) is 5.11 Å². The molecule has 0 aromatic carbocycles. The van der Waals surface area contributed by atoms with E-state index in [1.807, 2.05) is 0 Å². The number of nitrogens with one attached hydrogen (secondary N) is 1. The number of aliphatic hydroxyl groups excluding tert-OH is 1. The van der Waals surface area contributed by atoms with Gasteiger partial charge < -0.3 is 11.4 Å². The molecule has 0 aliphatic carbocycles. The molecule has 0 aromatic heterocycles. The van der Waals surface area contributed by atoms with E-state index in [1.54, 1.807) is 0 Å². The van der Waals surface area contributed by atoms with Gasteiger partial charge in [-0.2, -0.15) is 5.48 Å². The van der Waals surface area contributed by atoms with Crippen molar-refractivity contribution >= 4 is 5.97 Å². The third-order valence-corrected chi connectivity index (χ3v) is 3.65. The molecule has 0 radical (unpaired) electrons. The van der Waals surface area contributed by atoms with Gasteiger partial charge in [-0.05, 0) is 13.3 Å². The molecule has 0 aliphatic rings. The molecule has 22 heavy (non-hydrogen) atoms. The van der Waals surface area contributed by atoms with Gasteiger partial charge in [-0.15, -0.1) is 0 Å². The summed E-state index contributed by atoms with van der Waals surface area (Å²) in [6.07, 6.45) is 14.7. The molecule has 0 saturated heterocycles. The Bertz CT molecular complexity index is 244. The van der Waals surface area contributed by atoms with Gasteiger partial charge in [-0.1, -0.05) is 77.6 Å². The van der Waals surface area contributed by atoms with Gasteiger partial charge in [-0.3, -0.25) is 0 Å². The number of hydroxylamine groups is 1. The van der Waals surface area contributed by atoms with Crippen molar-refractivity contribution in [2.75, 3.05) is 6.54 Å². The molecular formula is C17H36NNaO3. The van der Waals surface area contributed by atoms with Crippen LogP contribution in [-0.2, 0) is 9.63 Å². The quantitative estimate of drug-likeness (QED) is 0.270. The van der Waals surface area contributed by atoms with Crippen LogP contribution < -0.4 is 35.0 Å². The van der Waals surface area contributed by atoms with Crippen LogP contribution in [0.25, 0.3) is 0 Å². The number of carbonyl (C=O) groups is 1. The second kappa shape index (κ2) is 19.4. The molecule has 5 heteroatoms. The van der Waals surface area contributed by atoms with E-state index >= 15 is 0 Å². The van der Waals surface area contributed by atoms with Crippen molar-refractivity contribution in [3.05, 3.63) is 0 Å². The molecule has 2 N–H and O–H groups in total. The fraction of sp³-hybridized carbons (Fsp3) is 0.941. The van der Waals surface area contributed by atoms with Crippen molar-refractivity contribution < 1.29 is 45.7 Å². The third-order valence-electron chi connectivity index (χ3n) is 3.65. The van der Waals surface area contributed by atoms with Crippen molar-refractivity contribution in [2.24, 2.45) is 0 Å². The summed E-state index contributed by atoms with van der Waals surface area (Å²) < 4.78 is 0. The molecular weight excluding hydrogens is 289 g/mol. The van der Waals surface area contributed by atoms with Crippen molar-refractivity contribution in [1.82, 2.24) is 5.48 Å². The Hall–Kier alpha value is 0.390. The smallest absolute Gasteiger partial charge is 1.00 e. The van der Waals surface area contributed by atoms with Gasteiger partial charge in [0.15, 0.2) is 6.10 Å². The van der Waals surface area contributed by atoms with Crippen LogP contribution in [-0.4, -0.2) is 23.7 Å². The van der Waals surface area contributed by atoms with E-state index < -0.39 is 12.1 Å². The van der Waals surface area contributed by atoms with Crippen LogP contribution in [0.5, 0.6) is 0 Å². The van der Waals surface area contributed by atoms with E-state index in [2.05, 4.69) is 17.2 Å². The molecule has 1 unspecified atom stereocenters. The molecule has 0 bridgehead atoms. The van der Waals surface area contributed by atoms with Crippen LogP contribution in [0, 0.1) is 0 Å². The molecule has 0 rings (SSSR count). The number of unbranched alkanes of at least 4 members (excludes halogenated alkanes) is 11. The third kappa shape index (κ3) is 18.4. The normalized spacial score (nSPS) is 11.8. The summed E-state index contributed by atoms with van der Waals surface area (Å²) in [6.45, 7) is 4.32. The monoisotopic (exact) mass is 325 g/mol. The molecule has 0 aromatic rings. The van der Waals surface area contributed by atoms with E-state index in [0.29, 0.717) is 6.54 Å². The van der Waals surface area contributed by atoms with Crippen molar-refractivity contribution in [1.29, 1.82) is 0 Å². The van der Waals surface area contributed by atoms with Crippen LogP contribution in [0.15, 0.2) is 0 Å². The van der Waals surface area contributed by atoms with Crippen LogP contribution in [0.1, 0.15) is 92.3 Å². The molecule has 0 fully saturated rings. The van der Waals surface area contributed by atoms with Crippen molar-refractivity contribution in [3.63, 3.8) is 0 Å². The van der Waals surface area contributed by atoms with Gasteiger partial charge in [0, 0.05) is 6.54 Å². The van der Waals surface area contributed by atoms with E-state index in [9.17, 15) is 4.79 Å². The SMILES string of the molecule is CCCCCCCCCCCCCCNOC(=O)C(C)O.[H-].[Na+]. The minimum absolute atomic E-state index is 0. The maximum Gasteiger partial charge on any atom is 1.00 e. The summed E-state index contributed by atoms with van der Waals surface area (Å²) in [6, 6.07) is 0. The van der Waals surface area contributed by atoms with Crippen LogP contribution in [0.4, 0.5) is 0 Å². The molecule has 0 aliphatic heterocycles. The van der Waals surface area contributed by atoms with Crippen molar-refractivity contribution in [2.45, 2.75) is 97.0 Å².